The van der Waals surface area contributed by atoms with Gasteiger partial charge in [0.2, 0.25) is 0 Å². The number of rotatable bonds is 4. The number of aromatic nitrogens is 2. The Morgan fingerprint density at radius 3 is 2.75 bits per heavy atom. The van der Waals surface area contributed by atoms with Gasteiger partial charge in [-0.3, -0.25) is 4.79 Å². The highest BCUT2D eigenvalue weighted by atomic mass is 127. The molecule has 0 aliphatic rings. The summed E-state index contributed by atoms with van der Waals surface area (Å²) in [5, 5.41) is 5.68. The average Bonchev–Trinajstić information content (AvgIpc) is 2.39. The lowest BCUT2D eigenvalue weighted by molar-refractivity contribution is 0.0973. The lowest BCUT2D eigenvalue weighted by Crippen LogP contribution is -2.27. The summed E-state index contributed by atoms with van der Waals surface area (Å²) in [4.78, 5) is 30.3. The Bertz CT molecular complexity index is 549. The van der Waals surface area contributed by atoms with Crippen LogP contribution in [0.2, 0.25) is 0 Å². The Morgan fingerprint density at radius 1 is 1.40 bits per heavy atom. The number of hydrogen-bond donors (Lipinski definition) is 4. The molecule has 0 saturated heterocycles. The molecule has 0 bridgehead atoms. The molecule has 1 aromatic rings. The Balaban J connectivity index is 2.62. The minimum absolute atomic E-state index is 0.0915. The van der Waals surface area contributed by atoms with Crippen LogP contribution in [0.15, 0.2) is 5.10 Å². The summed E-state index contributed by atoms with van der Waals surface area (Å²) in [6.07, 6.45) is 0.225. The Kier molecular flexibility index (Phi) is 5.89. The summed E-state index contributed by atoms with van der Waals surface area (Å²) in [7, 11) is 0. The van der Waals surface area contributed by atoms with Crippen molar-refractivity contribution in [1.29, 1.82) is 0 Å². The van der Waals surface area contributed by atoms with Crippen LogP contribution in [0.3, 0.4) is 0 Å². The van der Waals surface area contributed by atoms with Crippen molar-refractivity contribution in [3.63, 3.8) is 0 Å². The highest BCUT2D eigenvalue weighted by molar-refractivity contribution is 14.1. The summed E-state index contributed by atoms with van der Waals surface area (Å²) in [6.45, 7) is 1.86. The van der Waals surface area contributed by atoms with E-state index in [1.807, 2.05) is 28.0 Å². The zero-order chi connectivity index (χ0) is 15.1. The van der Waals surface area contributed by atoms with E-state index in [0.717, 1.165) is 6.34 Å². The first kappa shape index (κ1) is 15.9. The fraction of sp³-hybridized carbons (Fsp3) is 0.222. The molecule has 108 valence electrons. The molecule has 2 amide bonds. The molecule has 10 nitrogen and oxygen atoms in total. The zero-order valence-corrected chi connectivity index (χ0v) is 12.5. The van der Waals surface area contributed by atoms with Gasteiger partial charge in [-0.1, -0.05) is 0 Å². The highest BCUT2D eigenvalue weighted by Crippen LogP contribution is 2.14. The molecule has 6 N–H and O–H groups in total. The van der Waals surface area contributed by atoms with Gasteiger partial charge in [0.05, 0.1) is 6.61 Å². The number of hydrazone groups is 1. The van der Waals surface area contributed by atoms with Crippen LogP contribution in [0.5, 0.6) is 0 Å². The number of anilines is 2. The molecule has 0 aliphatic carbocycles. The molecule has 0 atom stereocenters. The molecule has 1 heterocycles. The maximum atomic E-state index is 11.7. The van der Waals surface area contributed by atoms with Crippen molar-refractivity contribution in [2.75, 3.05) is 18.1 Å². The number of halogens is 1. The van der Waals surface area contributed by atoms with Gasteiger partial charge in [0.15, 0.2) is 17.3 Å². The van der Waals surface area contributed by atoms with Crippen molar-refractivity contribution in [2.24, 2.45) is 5.10 Å². The molecule has 0 radical (unpaired) electrons. The van der Waals surface area contributed by atoms with E-state index in [-0.39, 0.29) is 23.9 Å². The van der Waals surface area contributed by atoms with Crippen molar-refractivity contribution >= 4 is 52.6 Å². The second-order valence-electron chi connectivity index (χ2n) is 3.20. The van der Waals surface area contributed by atoms with Gasteiger partial charge in [0, 0.05) is 0 Å². The molecule has 0 fully saturated rings. The second-order valence-corrected chi connectivity index (χ2v) is 4.22. The molecule has 0 aromatic carbocycles. The van der Waals surface area contributed by atoms with Gasteiger partial charge in [-0.05, 0) is 29.5 Å². The first-order valence-electron chi connectivity index (χ1n) is 5.29. The third-order valence-electron chi connectivity index (χ3n) is 1.81. The molecule has 1 aromatic heterocycles. The third-order valence-corrected chi connectivity index (χ3v) is 2.61. The minimum Gasteiger partial charge on any atom is -0.449 e. The van der Waals surface area contributed by atoms with Gasteiger partial charge in [0.25, 0.3) is 5.91 Å². The summed E-state index contributed by atoms with van der Waals surface area (Å²) in [5.41, 5.74) is 13.0. The molecule has 1 rings (SSSR count). The first-order chi connectivity index (χ1) is 9.45. The van der Waals surface area contributed by atoms with Crippen LogP contribution >= 0.6 is 22.6 Å². The van der Waals surface area contributed by atoms with Crippen molar-refractivity contribution in [3.05, 3.63) is 9.39 Å². The smallest absolute Gasteiger partial charge is 0.427 e. The lowest BCUT2D eigenvalue weighted by Gasteiger charge is -2.05. The van der Waals surface area contributed by atoms with Gasteiger partial charge in [0.1, 0.15) is 10.0 Å². The van der Waals surface area contributed by atoms with Crippen LogP contribution in [0.4, 0.5) is 16.4 Å². The third kappa shape index (κ3) is 4.49. The molecule has 0 aliphatic heterocycles. The minimum atomic E-state index is -0.737. The Hall–Kier alpha value is -2.18. The number of nitrogen functional groups attached to an aromatic ring is 2. The lowest BCUT2D eigenvalue weighted by atomic mass is 10.4. The van der Waals surface area contributed by atoms with E-state index in [1.54, 1.807) is 6.92 Å². The van der Waals surface area contributed by atoms with Gasteiger partial charge >= 0.3 is 6.09 Å². The van der Waals surface area contributed by atoms with Crippen LogP contribution in [0, 0.1) is 3.70 Å². The predicted octanol–water partition coefficient (Wildman–Crippen LogP) is -0.335. The monoisotopic (exact) mass is 393 g/mol. The molecule has 11 heteroatoms. The standard InChI is InChI=1S/C9H12IN7O3/c1-2-20-9(19)17-14-3-13-8(18)4-6(11)16-7(12)5(10)15-4/h3H,2H2,1H3,(H,17,19)(H4,11,12,16)(H,13,14,18). The number of carbonyl (C=O) groups excluding carboxylic acids is 2. The quantitative estimate of drug-likeness (QED) is 0.236. The maximum Gasteiger partial charge on any atom is 0.427 e. The second kappa shape index (κ2) is 7.42. The Morgan fingerprint density at radius 2 is 2.10 bits per heavy atom. The number of nitrogens with zero attached hydrogens (tertiary/aromatic N) is 3. The van der Waals surface area contributed by atoms with Gasteiger partial charge in [-0.25, -0.2) is 20.2 Å². The summed E-state index contributed by atoms with van der Waals surface area (Å²) < 4.78 is 4.90. The SMILES string of the molecule is CCOC(=O)NN=CNC(=O)c1nc(I)c(N)nc1N. The number of hydrogen-bond acceptors (Lipinski definition) is 8. The maximum absolute atomic E-state index is 11.7. The van der Waals surface area contributed by atoms with Crippen LogP contribution in [0.1, 0.15) is 17.4 Å². The Labute approximate surface area is 127 Å². The molecule has 0 unspecified atom stereocenters. The van der Waals surface area contributed by atoms with Crippen molar-refractivity contribution in [3.8, 4) is 0 Å². The molecule has 0 saturated carbocycles. The molecular formula is C9H12IN7O3. The fourth-order valence-electron chi connectivity index (χ4n) is 1.02. The predicted molar refractivity (Wildman–Crippen MR) is 79.7 cm³/mol. The van der Waals surface area contributed by atoms with E-state index < -0.39 is 12.0 Å². The number of nitrogens with one attached hydrogen (secondary N) is 2. The zero-order valence-electron chi connectivity index (χ0n) is 10.4. The average molecular weight is 393 g/mol. The van der Waals surface area contributed by atoms with E-state index in [0.29, 0.717) is 3.70 Å². The van der Waals surface area contributed by atoms with Crippen LogP contribution < -0.4 is 22.2 Å². The van der Waals surface area contributed by atoms with Crippen LogP contribution in [-0.2, 0) is 4.74 Å². The first-order valence-corrected chi connectivity index (χ1v) is 6.37. The molecular weight excluding hydrogens is 381 g/mol. The van der Waals surface area contributed by atoms with E-state index in [2.05, 4.69) is 25.1 Å². The summed E-state index contributed by atoms with van der Waals surface area (Å²) >= 11 is 1.82. The van der Waals surface area contributed by atoms with Gasteiger partial charge in [-0.2, -0.15) is 5.10 Å². The van der Waals surface area contributed by atoms with Crippen molar-refractivity contribution < 1.29 is 14.3 Å². The molecule has 20 heavy (non-hydrogen) atoms. The van der Waals surface area contributed by atoms with Crippen molar-refractivity contribution in [2.45, 2.75) is 6.92 Å². The van der Waals surface area contributed by atoms with E-state index >= 15 is 0 Å². The largest absolute Gasteiger partial charge is 0.449 e. The van der Waals surface area contributed by atoms with E-state index in [4.69, 9.17) is 11.5 Å². The van der Waals surface area contributed by atoms with Gasteiger partial charge in [-0.15, -0.1) is 0 Å². The number of ether oxygens (including phenoxy) is 1. The highest BCUT2D eigenvalue weighted by Gasteiger charge is 2.14. The topological polar surface area (TPSA) is 158 Å². The number of nitrogens with two attached hydrogens (primary N) is 2. The van der Waals surface area contributed by atoms with Crippen molar-refractivity contribution in [1.82, 2.24) is 20.7 Å². The number of carbonyl (C=O) groups is 2. The van der Waals surface area contributed by atoms with E-state index in [9.17, 15) is 9.59 Å². The molecule has 0 spiro atoms. The van der Waals surface area contributed by atoms with E-state index in [1.165, 1.54) is 0 Å². The fourth-order valence-corrected chi connectivity index (χ4v) is 1.38. The van der Waals surface area contributed by atoms with Crippen LogP contribution in [0.25, 0.3) is 0 Å². The number of amides is 2. The van der Waals surface area contributed by atoms with Crippen LogP contribution in [-0.4, -0.2) is 34.9 Å². The summed E-state index contributed by atoms with van der Waals surface area (Å²) in [5.74, 6) is -0.605. The normalized spacial score (nSPS) is 10.3. The summed E-state index contributed by atoms with van der Waals surface area (Å²) in [6, 6.07) is 0. The van der Waals surface area contributed by atoms with Gasteiger partial charge < -0.3 is 21.5 Å².